The van der Waals surface area contributed by atoms with E-state index in [-0.39, 0.29) is 10.9 Å². The predicted octanol–water partition coefficient (Wildman–Crippen LogP) is 1.07. The van der Waals surface area contributed by atoms with Crippen molar-refractivity contribution in [2.45, 2.75) is 44.2 Å². The van der Waals surface area contributed by atoms with Crippen molar-refractivity contribution < 1.29 is 17.6 Å². The van der Waals surface area contributed by atoms with Crippen molar-refractivity contribution in [3.05, 3.63) is 17.1 Å². The van der Waals surface area contributed by atoms with Crippen LogP contribution >= 0.6 is 0 Å². The predicted molar refractivity (Wildman–Crippen MR) is 75.1 cm³/mol. The van der Waals surface area contributed by atoms with E-state index in [0.29, 0.717) is 49.7 Å². The SMILES string of the molecule is CNCc1c(C)oc(C)c1S(=O)(=O)NC1CCOCC1. The van der Waals surface area contributed by atoms with Gasteiger partial charge < -0.3 is 14.5 Å². The number of rotatable bonds is 5. The molecule has 0 bridgehead atoms. The molecular formula is C13H22N2O4S. The molecule has 6 nitrogen and oxygen atoms in total. The number of sulfonamides is 1. The molecule has 0 aliphatic carbocycles. The Morgan fingerprint density at radius 2 is 1.85 bits per heavy atom. The third kappa shape index (κ3) is 3.22. The van der Waals surface area contributed by atoms with E-state index in [1.54, 1.807) is 20.9 Å². The van der Waals surface area contributed by atoms with Crippen LogP contribution < -0.4 is 10.0 Å². The largest absolute Gasteiger partial charge is 0.465 e. The molecule has 0 saturated carbocycles. The van der Waals surface area contributed by atoms with E-state index in [2.05, 4.69) is 10.0 Å². The summed E-state index contributed by atoms with van der Waals surface area (Å²) in [5, 5.41) is 2.98. The molecule has 0 atom stereocenters. The topological polar surface area (TPSA) is 80.6 Å². The monoisotopic (exact) mass is 302 g/mol. The summed E-state index contributed by atoms with van der Waals surface area (Å²) in [6.45, 7) is 5.13. The van der Waals surface area contributed by atoms with E-state index in [0.717, 1.165) is 0 Å². The molecule has 0 amide bonds. The van der Waals surface area contributed by atoms with Crippen LogP contribution in [0.3, 0.4) is 0 Å². The lowest BCUT2D eigenvalue weighted by Crippen LogP contribution is -2.39. The zero-order valence-electron chi connectivity index (χ0n) is 12.2. The fraction of sp³-hybridized carbons (Fsp3) is 0.692. The maximum Gasteiger partial charge on any atom is 0.244 e. The molecular weight excluding hydrogens is 280 g/mol. The molecule has 1 saturated heterocycles. The number of furan rings is 1. The van der Waals surface area contributed by atoms with Crippen LogP contribution in [0.4, 0.5) is 0 Å². The summed E-state index contributed by atoms with van der Waals surface area (Å²) < 4.78 is 38.7. The van der Waals surface area contributed by atoms with Crippen molar-refractivity contribution in [1.82, 2.24) is 10.0 Å². The van der Waals surface area contributed by atoms with Gasteiger partial charge in [-0.05, 0) is 33.7 Å². The van der Waals surface area contributed by atoms with E-state index in [1.165, 1.54) is 0 Å². The lowest BCUT2D eigenvalue weighted by Gasteiger charge is -2.23. The minimum Gasteiger partial charge on any atom is -0.465 e. The van der Waals surface area contributed by atoms with Gasteiger partial charge in [0.25, 0.3) is 0 Å². The van der Waals surface area contributed by atoms with E-state index >= 15 is 0 Å². The number of hydrogen-bond donors (Lipinski definition) is 2. The van der Waals surface area contributed by atoms with Crippen molar-refractivity contribution in [3.63, 3.8) is 0 Å². The van der Waals surface area contributed by atoms with Crippen LogP contribution in [-0.4, -0.2) is 34.7 Å². The molecule has 0 radical (unpaired) electrons. The van der Waals surface area contributed by atoms with E-state index in [4.69, 9.17) is 9.15 Å². The second-order valence-electron chi connectivity index (χ2n) is 5.06. The van der Waals surface area contributed by atoms with Gasteiger partial charge in [-0.15, -0.1) is 0 Å². The Morgan fingerprint density at radius 1 is 1.20 bits per heavy atom. The summed E-state index contributed by atoms with van der Waals surface area (Å²) in [6, 6.07) is -0.0641. The summed E-state index contributed by atoms with van der Waals surface area (Å²) in [6.07, 6.45) is 1.41. The third-order valence-corrected chi connectivity index (χ3v) is 5.21. The normalized spacial score (nSPS) is 17.6. The van der Waals surface area contributed by atoms with Crippen LogP contribution in [0.5, 0.6) is 0 Å². The first-order valence-electron chi connectivity index (χ1n) is 6.79. The first-order valence-corrected chi connectivity index (χ1v) is 8.27. The van der Waals surface area contributed by atoms with Crippen LogP contribution in [0.2, 0.25) is 0 Å². The van der Waals surface area contributed by atoms with Crippen molar-refractivity contribution >= 4 is 10.0 Å². The molecule has 1 aliphatic heterocycles. The average Bonchev–Trinajstić information content (AvgIpc) is 2.66. The van der Waals surface area contributed by atoms with Crippen molar-refractivity contribution in [2.75, 3.05) is 20.3 Å². The Kier molecular flexibility index (Phi) is 4.85. The third-order valence-electron chi connectivity index (χ3n) is 3.49. The summed E-state index contributed by atoms with van der Waals surface area (Å²) in [5.74, 6) is 1.08. The fourth-order valence-corrected chi connectivity index (χ4v) is 4.29. The first kappa shape index (κ1) is 15.5. The summed E-state index contributed by atoms with van der Waals surface area (Å²) in [4.78, 5) is 0.274. The molecule has 0 unspecified atom stereocenters. The second-order valence-corrected chi connectivity index (χ2v) is 6.71. The van der Waals surface area contributed by atoms with Crippen molar-refractivity contribution in [2.24, 2.45) is 0 Å². The smallest absolute Gasteiger partial charge is 0.244 e. The number of aryl methyl sites for hydroxylation is 2. The summed E-state index contributed by atoms with van der Waals surface area (Å²) >= 11 is 0. The van der Waals surface area contributed by atoms with Gasteiger partial charge >= 0.3 is 0 Å². The lowest BCUT2D eigenvalue weighted by atomic mass is 10.1. The van der Waals surface area contributed by atoms with Crippen LogP contribution in [0, 0.1) is 13.8 Å². The maximum absolute atomic E-state index is 12.6. The Morgan fingerprint density at radius 3 is 2.45 bits per heavy atom. The van der Waals surface area contributed by atoms with E-state index in [9.17, 15) is 8.42 Å². The average molecular weight is 302 g/mol. The molecule has 0 aromatic carbocycles. The fourth-order valence-electron chi connectivity index (χ4n) is 2.54. The van der Waals surface area contributed by atoms with Crippen molar-refractivity contribution in [3.8, 4) is 0 Å². The number of ether oxygens (including phenoxy) is 1. The minimum atomic E-state index is -3.56. The van der Waals surface area contributed by atoms with Crippen molar-refractivity contribution in [1.29, 1.82) is 0 Å². The van der Waals surface area contributed by atoms with Gasteiger partial charge in [-0.2, -0.15) is 0 Å². The summed E-state index contributed by atoms with van der Waals surface area (Å²) in [7, 11) is -1.78. The molecule has 2 rings (SSSR count). The van der Waals surface area contributed by atoms with Gasteiger partial charge in [0.05, 0.1) is 0 Å². The molecule has 7 heteroatoms. The Hall–Kier alpha value is -0.890. The highest BCUT2D eigenvalue weighted by atomic mass is 32.2. The molecule has 2 N–H and O–H groups in total. The van der Waals surface area contributed by atoms with Crippen LogP contribution in [0.25, 0.3) is 0 Å². The van der Waals surface area contributed by atoms with E-state index in [1.807, 2.05) is 0 Å². The highest BCUT2D eigenvalue weighted by Crippen LogP contribution is 2.27. The highest BCUT2D eigenvalue weighted by Gasteiger charge is 2.29. The van der Waals surface area contributed by atoms with Gasteiger partial charge in [0.2, 0.25) is 10.0 Å². The molecule has 1 aromatic heterocycles. The number of hydrogen-bond acceptors (Lipinski definition) is 5. The molecule has 1 aromatic rings. The Bertz CT molecular complexity index is 559. The molecule has 2 heterocycles. The highest BCUT2D eigenvalue weighted by molar-refractivity contribution is 7.89. The van der Waals surface area contributed by atoms with Crippen LogP contribution in [0.1, 0.15) is 29.9 Å². The zero-order chi connectivity index (χ0) is 14.8. The van der Waals surface area contributed by atoms with Gasteiger partial charge in [-0.3, -0.25) is 0 Å². The first-order chi connectivity index (χ1) is 9.45. The van der Waals surface area contributed by atoms with Crippen LogP contribution in [0.15, 0.2) is 9.31 Å². The quantitative estimate of drug-likeness (QED) is 0.850. The Labute approximate surface area is 119 Å². The van der Waals surface area contributed by atoms with Gasteiger partial charge in [0, 0.05) is 31.4 Å². The minimum absolute atomic E-state index is 0.0641. The standard InChI is InChI=1S/C13H22N2O4S/c1-9-12(8-14-3)13(10(2)19-9)20(16,17)15-11-4-6-18-7-5-11/h11,14-15H,4-8H2,1-3H3. The Balaban J connectivity index is 2.28. The molecule has 20 heavy (non-hydrogen) atoms. The second kappa shape index (κ2) is 6.26. The van der Waals surface area contributed by atoms with Gasteiger partial charge in [0.15, 0.2) is 0 Å². The molecule has 0 spiro atoms. The molecule has 114 valence electrons. The van der Waals surface area contributed by atoms with Crippen LogP contribution in [-0.2, 0) is 21.3 Å². The van der Waals surface area contributed by atoms with Gasteiger partial charge in [-0.1, -0.05) is 0 Å². The number of nitrogens with one attached hydrogen (secondary N) is 2. The van der Waals surface area contributed by atoms with Gasteiger partial charge in [0.1, 0.15) is 16.4 Å². The molecule has 1 fully saturated rings. The van der Waals surface area contributed by atoms with Gasteiger partial charge in [-0.25, -0.2) is 13.1 Å². The molecule has 1 aliphatic rings. The zero-order valence-corrected chi connectivity index (χ0v) is 13.0. The maximum atomic E-state index is 12.6. The lowest BCUT2D eigenvalue weighted by molar-refractivity contribution is 0.0832. The summed E-state index contributed by atoms with van der Waals surface area (Å²) in [5.41, 5.74) is 0.699. The van der Waals surface area contributed by atoms with E-state index < -0.39 is 10.0 Å².